The second kappa shape index (κ2) is 13.0. The maximum Gasteiger partial charge on any atom is 0.347 e. The van der Waals surface area contributed by atoms with Crippen LogP contribution in [0.4, 0.5) is 0 Å². The molecule has 0 aliphatic rings. The Morgan fingerprint density at radius 2 is 1.84 bits per heavy atom. The molecular formula is C26H28Br3N3O5. The number of carbonyl (C=O) groups is 1. The van der Waals surface area contributed by atoms with Gasteiger partial charge in [0.2, 0.25) is 0 Å². The van der Waals surface area contributed by atoms with Crippen LogP contribution in [0.25, 0.3) is 10.9 Å². The quantitative estimate of drug-likeness (QED) is 0.171. The van der Waals surface area contributed by atoms with E-state index < -0.39 is 12.1 Å². The lowest BCUT2D eigenvalue weighted by Crippen LogP contribution is -2.26. The van der Waals surface area contributed by atoms with Crippen molar-refractivity contribution < 1.29 is 19.0 Å². The lowest BCUT2D eigenvalue weighted by atomic mass is 10.1. The summed E-state index contributed by atoms with van der Waals surface area (Å²) in [6.07, 6.45) is 1.51. The van der Waals surface area contributed by atoms with Gasteiger partial charge >= 0.3 is 5.97 Å². The first-order chi connectivity index (χ1) is 17.6. The Kier molecular flexibility index (Phi) is 10.3. The fourth-order valence-electron chi connectivity index (χ4n) is 3.45. The largest absolute Gasteiger partial charge is 0.490 e. The summed E-state index contributed by atoms with van der Waals surface area (Å²) < 4.78 is 20.0. The highest BCUT2D eigenvalue weighted by molar-refractivity contribution is 9.13. The maximum absolute atomic E-state index is 13.4. The predicted molar refractivity (Wildman–Crippen MR) is 155 cm³/mol. The minimum absolute atomic E-state index is 0.00667. The van der Waals surface area contributed by atoms with Crippen LogP contribution in [-0.4, -0.2) is 41.2 Å². The Morgan fingerprint density at radius 3 is 2.49 bits per heavy atom. The minimum Gasteiger partial charge on any atom is -0.490 e. The van der Waals surface area contributed by atoms with Crippen LogP contribution in [0.2, 0.25) is 0 Å². The summed E-state index contributed by atoms with van der Waals surface area (Å²) in [4.78, 5) is 30.3. The van der Waals surface area contributed by atoms with Crippen molar-refractivity contribution in [1.82, 2.24) is 9.66 Å². The number of benzene rings is 2. The molecule has 0 bridgehead atoms. The molecule has 8 nitrogen and oxygen atoms in total. The predicted octanol–water partition coefficient (Wildman–Crippen LogP) is 6.81. The molecule has 0 saturated heterocycles. The average molecular weight is 702 g/mol. The van der Waals surface area contributed by atoms with Gasteiger partial charge in [0.05, 0.1) is 34.8 Å². The molecule has 0 aliphatic carbocycles. The fraction of sp³-hybridized carbons (Fsp3) is 0.385. The molecule has 0 aliphatic heterocycles. The molecular weight excluding hydrogens is 674 g/mol. The van der Waals surface area contributed by atoms with Gasteiger partial charge < -0.3 is 14.2 Å². The average Bonchev–Trinajstić information content (AvgIpc) is 2.88. The summed E-state index contributed by atoms with van der Waals surface area (Å²) in [5.74, 6) is 0.853. The van der Waals surface area contributed by atoms with Crippen LogP contribution >= 0.6 is 47.8 Å². The van der Waals surface area contributed by atoms with E-state index in [1.807, 2.05) is 32.9 Å². The van der Waals surface area contributed by atoms with Crippen LogP contribution in [0.15, 0.2) is 47.6 Å². The Morgan fingerprint density at radius 1 is 1.11 bits per heavy atom. The van der Waals surface area contributed by atoms with Crippen molar-refractivity contribution in [2.24, 2.45) is 5.10 Å². The van der Waals surface area contributed by atoms with Gasteiger partial charge in [0.25, 0.3) is 5.56 Å². The van der Waals surface area contributed by atoms with Gasteiger partial charge in [0.15, 0.2) is 17.6 Å². The molecule has 2 atom stereocenters. The number of ether oxygens (including phenoxy) is 3. The zero-order valence-corrected chi connectivity index (χ0v) is 25.9. The summed E-state index contributed by atoms with van der Waals surface area (Å²) in [5, 5.41) is 5.01. The van der Waals surface area contributed by atoms with Crippen LogP contribution in [0.1, 0.15) is 58.3 Å². The smallest absolute Gasteiger partial charge is 0.347 e. The monoisotopic (exact) mass is 699 g/mol. The standard InChI is InChI=1S/C26H28Br3N3O5/c1-6-14(4)24-31-19-10-9-17(27)12-18(19)25(33)32(24)30-13-16-11-20(35-7-2)23(22(29)21(16)28)37-15(5)26(34)36-8-3/h9-15H,6-8H2,1-5H3/t14-,15+/m0/s1. The van der Waals surface area contributed by atoms with E-state index >= 15 is 0 Å². The molecule has 1 aromatic heterocycles. The minimum atomic E-state index is -0.846. The van der Waals surface area contributed by atoms with Crippen LogP contribution in [0, 0.1) is 0 Å². The summed E-state index contributed by atoms with van der Waals surface area (Å²) in [7, 11) is 0. The number of nitrogens with zero attached hydrogens (tertiary/aromatic N) is 3. The molecule has 0 spiro atoms. The molecule has 0 N–H and O–H groups in total. The van der Waals surface area contributed by atoms with Crippen LogP contribution in [0.5, 0.6) is 11.5 Å². The highest BCUT2D eigenvalue weighted by atomic mass is 79.9. The summed E-state index contributed by atoms with van der Waals surface area (Å²) in [6.45, 7) is 9.86. The van der Waals surface area contributed by atoms with Crippen LogP contribution in [-0.2, 0) is 9.53 Å². The number of hydrogen-bond donors (Lipinski definition) is 0. The molecule has 2 aromatic carbocycles. The van der Waals surface area contributed by atoms with E-state index in [1.165, 1.54) is 4.68 Å². The van der Waals surface area contributed by atoms with Crippen molar-refractivity contribution in [2.75, 3.05) is 13.2 Å². The number of esters is 1. The van der Waals surface area contributed by atoms with E-state index in [2.05, 4.69) is 52.9 Å². The Balaban J connectivity index is 2.12. The number of halogens is 3. The van der Waals surface area contributed by atoms with Crippen molar-refractivity contribution in [3.8, 4) is 11.5 Å². The maximum atomic E-state index is 13.4. The fourth-order valence-corrected chi connectivity index (χ4v) is 4.73. The first kappa shape index (κ1) is 29.3. The van der Waals surface area contributed by atoms with Gasteiger partial charge in [-0.2, -0.15) is 9.78 Å². The Bertz CT molecular complexity index is 1390. The zero-order valence-electron chi connectivity index (χ0n) is 21.2. The molecule has 0 radical (unpaired) electrons. The number of rotatable bonds is 10. The first-order valence-electron chi connectivity index (χ1n) is 11.9. The van der Waals surface area contributed by atoms with Crippen LogP contribution < -0.4 is 15.0 Å². The summed E-state index contributed by atoms with van der Waals surface area (Å²) in [5.41, 5.74) is 0.985. The molecule has 3 aromatic rings. The van der Waals surface area contributed by atoms with Gasteiger partial charge in [-0.05, 0) is 83.3 Å². The molecule has 3 rings (SSSR count). The van der Waals surface area contributed by atoms with E-state index in [9.17, 15) is 9.59 Å². The van der Waals surface area contributed by atoms with Crippen molar-refractivity contribution in [3.05, 3.63) is 59.4 Å². The highest BCUT2D eigenvalue weighted by Crippen LogP contribution is 2.43. The number of carbonyl (C=O) groups excluding carboxylic acids is 1. The second-order valence-corrected chi connectivity index (χ2v) is 10.7. The highest BCUT2D eigenvalue weighted by Gasteiger charge is 2.23. The lowest BCUT2D eigenvalue weighted by molar-refractivity contribution is -0.150. The van der Waals surface area contributed by atoms with Gasteiger partial charge in [-0.1, -0.05) is 29.8 Å². The van der Waals surface area contributed by atoms with E-state index in [0.717, 1.165) is 10.9 Å². The first-order valence-corrected chi connectivity index (χ1v) is 14.2. The Hall–Kier alpha value is -2.24. The van der Waals surface area contributed by atoms with E-state index in [-0.39, 0.29) is 18.1 Å². The van der Waals surface area contributed by atoms with E-state index in [4.69, 9.17) is 19.2 Å². The van der Waals surface area contributed by atoms with Crippen LogP contribution in [0.3, 0.4) is 0 Å². The molecule has 0 amide bonds. The van der Waals surface area contributed by atoms with Crippen molar-refractivity contribution in [2.45, 2.75) is 53.1 Å². The topological polar surface area (TPSA) is 92.0 Å². The zero-order chi connectivity index (χ0) is 27.3. The molecule has 0 unspecified atom stereocenters. The van der Waals surface area contributed by atoms with Gasteiger partial charge in [0.1, 0.15) is 5.82 Å². The van der Waals surface area contributed by atoms with Gasteiger partial charge in [-0.15, -0.1) is 0 Å². The van der Waals surface area contributed by atoms with Gasteiger partial charge in [-0.3, -0.25) is 4.79 Å². The van der Waals surface area contributed by atoms with E-state index in [0.29, 0.717) is 49.3 Å². The normalized spacial score (nSPS) is 13.1. The van der Waals surface area contributed by atoms with Crippen molar-refractivity contribution in [3.63, 3.8) is 0 Å². The molecule has 37 heavy (non-hydrogen) atoms. The third-order valence-electron chi connectivity index (χ3n) is 5.57. The molecule has 0 fully saturated rings. The molecule has 198 valence electrons. The summed E-state index contributed by atoms with van der Waals surface area (Å²) in [6, 6.07) is 7.15. The molecule has 1 heterocycles. The second-order valence-electron chi connectivity index (χ2n) is 8.17. The molecule has 0 saturated carbocycles. The number of fused-ring (bicyclic) bond motifs is 1. The van der Waals surface area contributed by atoms with Crippen molar-refractivity contribution >= 4 is 70.9 Å². The summed E-state index contributed by atoms with van der Waals surface area (Å²) >= 11 is 10.6. The Labute approximate surface area is 240 Å². The van der Waals surface area contributed by atoms with Crippen molar-refractivity contribution in [1.29, 1.82) is 0 Å². The third kappa shape index (κ3) is 6.61. The molecule has 11 heteroatoms. The number of hydrogen-bond acceptors (Lipinski definition) is 7. The number of aromatic nitrogens is 2. The van der Waals surface area contributed by atoms with Gasteiger partial charge in [0, 0.05) is 20.4 Å². The lowest BCUT2D eigenvalue weighted by Gasteiger charge is -2.19. The third-order valence-corrected chi connectivity index (χ3v) is 8.20. The van der Waals surface area contributed by atoms with E-state index in [1.54, 1.807) is 32.2 Å². The van der Waals surface area contributed by atoms with Gasteiger partial charge in [-0.25, -0.2) is 9.78 Å². The SMILES string of the molecule is CCOC(=O)[C@@H](C)Oc1c(OCC)cc(C=Nn2c([C@@H](C)CC)nc3ccc(Br)cc3c2=O)c(Br)c1Br.